The average molecular weight is 620 g/mol. The molecule has 7 rings (SSSR count). The lowest BCUT2D eigenvalue weighted by Crippen LogP contribution is -2.67. The summed E-state index contributed by atoms with van der Waals surface area (Å²) in [4.78, 5) is 23.1. The molecule has 234 valence electrons. The fourth-order valence-corrected chi connectivity index (χ4v) is 7.20. The highest BCUT2D eigenvalue weighted by atomic mass is 19.1. The number of benzene rings is 3. The van der Waals surface area contributed by atoms with Gasteiger partial charge in [-0.2, -0.15) is 10.4 Å². The third kappa shape index (κ3) is 4.52. The van der Waals surface area contributed by atoms with E-state index < -0.39 is 17.6 Å². The number of halogens is 2. The van der Waals surface area contributed by atoms with Crippen LogP contribution in [0.5, 0.6) is 0 Å². The van der Waals surface area contributed by atoms with Crippen LogP contribution in [0.15, 0.2) is 61.1 Å². The van der Waals surface area contributed by atoms with Gasteiger partial charge in [-0.15, -0.1) is 0 Å². The van der Waals surface area contributed by atoms with Crippen LogP contribution >= 0.6 is 0 Å². The fourth-order valence-electron chi connectivity index (χ4n) is 7.20. The number of likely N-dealkylation sites (tertiary alicyclic amines) is 1. The van der Waals surface area contributed by atoms with Gasteiger partial charge in [-0.05, 0) is 69.4 Å². The van der Waals surface area contributed by atoms with Crippen LogP contribution in [0.3, 0.4) is 0 Å². The normalized spacial score (nSPS) is 16.7. The van der Waals surface area contributed by atoms with Crippen LogP contribution in [0.25, 0.3) is 43.7 Å². The van der Waals surface area contributed by atoms with Crippen LogP contribution < -0.4 is 4.90 Å². The minimum Gasteiger partial charge on any atom is -0.352 e. The molecule has 0 radical (unpaired) electrons. The minimum atomic E-state index is -0.959. The van der Waals surface area contributed by atoms with Crippen molar-refractivity contribution in [2.24, 2.45) is 0 Å². The third-order valence-corrected chi connectivity index (χ3v) is 10.0. The number of likely N-dealkylation sites (N-methyl/N-ethyl adjacent to an activating group) is 1. The van der Waals surface area contributed by atoms with Gasteiger partial charge in [-0.25, -0.2) is 13.8 Å². The van der Waals surface area contributed by atoms with Crippen molar-refractivity contribution >= 4 is 44.3 Å². The number of piperidine rings is 1. The summed E-state index contributed by atoms with van der Waals surface area (Å²) in [6.45, 7) is 9.44. The van der Waals surface area contributed by atoms with Gasteiger partial charge in [0.05, 0.1) is 40.3 Å². The summed E-state index contributed by atoms with van der Waals surface area (Å²) >= 11 is 0. The van der Waals surface area contributed by atoms with Crippen molar-refractivity contribution < 1.29 is 13.6 Å². The fraction of sp³-hybridized carbons (Fsp3) is 0.333. The maximum absolute atomic E-state index is 17.2. The predicted octanol–water partition coefficient (Wildman–Crippen LogP) is 6.51. The van der Waals surface area contributed by atoms with E-state index in [1.807, 2.05) is 54.2 Å². The minimum absolute atomic E-state index is 0.0492. The van der Waals surface area contributed by atoms with Gasteiger partial charge in [0.25, 0.3) is 5.91 Å². The maximum Gasteiger partial charge on any atom is 0.281 e. The van der Waals surface area contributed by atoms with Gasteiger partial charge in [0.15, 0.2) is 11.6 Å². The highest BCUT2D eigenvalue weighted by Gasteiger charge is 2.42. The number of nitrogens with zero attached hydrogens (tertiary/aromatic N) is 7. The number of hydrogen-bond donors (Lipinski definition) is 0. The van der Waals surface area contributed by atoms with Crippen LogP contribution in [0.4, 0.5) is 14.6 Å². The largest absolute Gasteiger partial charge is 0.352 e. The van der Waals surface area contributed by atoms with Gasteiger partial charge in [-0.3, -0.25) is 9.48 Å². The summed E-state index contributed by atoms with van der Waals surface area (Å²) < 4.78 is 32.7. The van der Waals surface area contributed by atoms with Gasteiger partial charge >= 0.3 is 0 Å². The van der Waals surface area contributed by atoms with Crippen LogP contribution in [0, 0.1) is 24.1 Å². The van der Waals surface area contributed by atoms with E-state index in [4.69, 9.17) is 10.1 Å². The number of anilines is 1. The number of rotatable bonds is 5. The second kappa shape index (κ2) is 10.9. The molecule has 46 heavy (non-hydrogen) atoms. The second-order valence-corrected chi connectivity index (χ2v) is 13.1. The first kappa shape index (κ1) is 29.8. The van der Waals surface area contributed by atoms with Crippen LogP contribution in [0.2, 0.25) is 0 Å². The standard InChI is InChI=1S/C36H35F2N7O/c1-21-16-27-32(31(38)29(21)26-11-7-9-23-8-6-10-24(17-39)30(23)26)41-34(44-19-36(3,20-44)42(4)5)28-18-40-45(33(27)28)25-12-14-43(15-13-25)35(46)22(2)37/h6-11,16,18,25H,2,12-15,19-20H2,1,3-5H3. The van der Waals surface area contributed by atoms with Crippen molar-refractivity contribution in [2.45, 2.75) is 38.3 Å². The van der Waals surface area contributed by atoms with E-state index in [0.29, 0.717) is 59.2 Å². The molecule has 0 atom stereocenters. The number of fused-ring (bicyclic) bond motifs is 4. The van der Waals surface area contributed by atoms with E-state index in [9.17, 15) is 14.4 Å². The molecule has 8 nitrogen and oxygen atoms in total. The quantitative estimate of drug-likeness (QED) is 0.209. The van der Waals surface area contributed by atoms with Crippen molar-refractivity contribution in [1.82, 2.24) is 24.6 Å². The lowest BCUT2D eigenvalue weighted by molar-refractivity contribution is -0.129. The zero-order valence-electron chi connectivity index (χ0n) is 26.4. The predicted molar refractivity (Wildman–Crippen MR) is 177 cm³/mol. The Morgan fingerprint density at radius 1 is 1.13 bits per heavy atom. The van der Waals surface area contributed by atoms with E-state index in [1.165, 1.54) is 4.90 Å². The molecule has 2 aromatic heterocycles. The van der Waals surface area contributed by atoms with E-state index in [1.54, 1.807) is 6.07 Å². The van der Waals surface area contributed by atoms with Gasteiger partial charge in [0.1, 0.15) is 11.3 Å². The molecule has 5 aromatic rings. The van der Waals surface area contributed by atoms with Crippen LogP contribution in [-0.2, 0) is 4.79 Å². The van der Waals surface area contributed by atoms with Gasteiger partial charge in [0, 0.05) is 42.5 Å². The van der Waals surface area contributed by atoms with Gasteiger partial charge in [0.2, 0.25) is 0 Å². The molecule has 10 heteroatoms. The Kier molecular flexibility index (Phi) is 7.05. The number of carbonyl (C=O) groups is 1. The first-order valence-corrected chi connectivity index (χ1v) is 15.5. The Balaban J connectivity index is 1.43. The van der Waals surface area contributed by atoms with Gasteiger partial charge < -0.3 is 14.7 Å². The van der Waals surface area contributed by atoms with Crippen LogP contribution in [-0.4, -0.2) is 76.3 Å². The Morgan fingerprint density at radius 2 is 1.83 bits per heavy atom. The highest BCUT2D eigenvalue weighted by molar-refractivity contribution is 6.11. The summed E-state index contributed by atoms with van der Waals surface area (Å²) in [7, 11) is 4.12. The summed E-state index contributed by atoms with van der Waals surface area (Å²) in [5.74, 6) is -1.40. The summed E-state index contributed by atoms with van der Waals surface area (Å²) in [6.07, 6.45) is 2.96. The van der Waals surface area contributed by atoms with Crippen molar-refractivity contribution in [3.05, 3.63) is 78.0 Å². The van der Waals surface area contributed by atoms with Crippen LogP contribution in [0.1, 0.15) is 36.9 Å². The molecular weight excluding hydrogens is 584 g/mol. The smallest absolute Gasteiger partial charge is 0.281 e. The van der Waals surface area contributed by atoms with Gasteiger partial charge in [-0.1, -0.05) is 36.9 Å². The second-order valence-electron chi connectivity index (χ2n) is 13.1. The molecule has 0 unspecified atom stereocenters. The zero-order chi connectivity index (χ0) is 32.5. The molecule has 4 heterocycles. The van der Waals surface area contributed by atoms with Crippen molar-refractivity contribution in [1.29, 1.82) is 5.26 Å². The number of hydrogen-bond acceptors (Lipinski definition) is 6. The molecular formula is C36H35F2N7O. The monoisotopic (exact) mass is 619 g/mol. The Hall–Kier alpha value is -4.88. The Bertz CT molecular complexity index is 2110. The van der Waals surface area contributed by atoms with Crippen molar-refractivity contribution in [3.63, 3.8) is 0 Å². The Labute approximate surface area is 266 Å². The number of amides is 1. The summed E-state index contributed by atoms with van der Waals surface area (Å²) in [6, 6.07) is 15.4. The number of pyridine rings is 1. The number of aryl methyl sites for hydroxylation is 1. The molecule has 0 aliphatic carbocycles. The molecule has 2 aliphatic rings. The molecule has 0 spiro atoms. The molecule has 0 N–H and O–H groups in total. The lowest BCUT2D eigenvalue weighted by Gasteiger charge is -2.52. The number of aromatic nitrogens is 3. The number of nitriles is 1. The molecule has 2 aliphatic heterocycles. The first-order valence-electron chi connectivity index (χ1n) is 15.5. The van der Waals surface area contributed by atoms with E-state index >= 15 is 4.39 Å². The third-order valence-electron chi connectivity index (χ3n) is 10.0. The summed E-state index contributed by atoms with van der Waals surface area (Å²) in [5.41, 5.74) is 3.27. The zero-order valence-corrected chi connectivity index (χ0v) is 26.4. The first-order chi connectivity index (χ1) is 22.0. The topological polar surface area (TPSA) is 81.3 Å². The average Bonchev–Trinajstić information content (AvgIpc) is 3.48. The molecule has 0 bridgehead atoms. The SMILES string of the molecule is C=C(F)C(=O)N1CCC(n2ncc3c(N4CC(C)(N(C)C)C4)nc4c(F)c(-c5cccc6cccc(C#N)c56)c(C)cc4c32)CC1. The Morgan fingerprint density at radius 3 is 2.48 bits per heavy atom. The number of carbonyl (C=O) groups excluding carboxylic acids is 1. The lowest BCUT2D eigenvalue weighted by atomic mass is 9.89. The molecule has 2 saturated heterocycles. The molecule has 3 aromatic carbocycles. The molecule has 2 fully saturated rings. The van der Waals surface area contributed by atoms with Crippen molar-refractivity contribution in [3.8, 4) is 17.2 Å². The van der Waals surface area contributed by atoms with E-state index in [0.717, 1.165) is 34.9 Å². The maximum atomic E-state index is 17.2. The van der Waals surface area contributed by atoms with Crippen molar-refractivity contribution in [2.75, 3.05) is 45.2 Å². The summed E-state index contributed by atoms with van der Waals surface area (Å²) in [5, 5.41) is 17.8. The van der Waals surface area contributed by atoms with E-state index in [-0.39, 0.29) is 17.1 Å². The molecule has 0 saturated carbocycles. The van der Waals surface area contributed by atoms with E-state index in [2.05, 4.69) is 43.5 Å². The molecule has 1 amide bonds. The highest BCUT2D eigenvalue weighted by Crippen LogP contribution is 2.43.